The zero-order valence-electron chi connectivity index (χ0n) is 18.5. The van der Waals surface area contributed by atoms with Crippen LogP contribution in [0.4, 0.5) is 5.82 Å². The number of nitrogens with zero attached hydrogens (tertiary/aromatic N) is 4. The van der Waals surface area contributed by atoms with Gasteiger partial charge in [-0.05, 0) is 75.3 Å². The molecule has 2 aliphatic rings. The molecule has 0 bridgehead atoms. The summed E-state index contributed by atoms with van der Waals surface area (Å²) in [5.41, 5.74) is 6.53. The minimum atomic E-state index is -0.195. The molecule has 9 heteroatoms. The van der Waals surface area contributed by atoms with E-state index in [0.717, 1.165) is 64.0 Å². The number of aromatic nitrogens is 2. The Labute approximate surface area is 199 Å². The number of nitrogens with one attached hydrogen (secondary N) is 1. The average molecular weight is 469 g/mol. The molecule has 2 aromatic rings. The van der Waals surface area contributed by atoms with E-state index in [0.29, 0.717) is 27.9 Å². The van der Waals surface area contributed by atoms with Gasteiger partial charge in [0.2, 0.25) is 0 Å². The summed E-state index contributed by atoms with van der Waals surface area (Å²) >= 11 is 6.08. The molecule has 0 radical (unpaired) electrons. The van der Waals surface area contributed by atoms with Crippen LogP contribution in [0.15, 0.2) is 30.3 Å². The minimum Gasteiger partial charge on any atom is -0.490 e. The van der Waals surface area contributed by atoms with Crippen LogP contribution in [0.3, 0.4) is 0 Å². The highest BCUT2D eigenvalue weighted by molar-refractivity contribution is 6.31. The lowest BCUT2D eigenvalue weighted by molar-refractivity contribution is 0.0888. The molecule has 2 heterocycles. The molecule has 33 heavy (non-hydrogen) atoms. The fraction of sp³-hybridized carbons (Fsp3) is 0.500. The molecule has 1 aromatic heterocycles. The van der Waals surface area contributed by atoms with Crippen LogP contribution in [-0.2, 0) is 0 Å². The molecule has 1 aliphatic carbocycles. The number of hydrogen-bond acceptors (Lipinski definition) is 7. The van der Waals surface area contributed by atoms with E-state index in [4.69, 9.17) is 27.3 Å². The summed E-state index contributed by atoms with van der Waals surface area (Å²) in [7, 11) is 0. The van der Waals surface area contributed by atoms with Gasteiger partial charge in [-0.3, -0.25) is 4.79 Å². The third kappa shape index (κ3) is 5.92. The van der Waals surface area contributed by atoms with E-state index < -0.39 is 0 Å². The number of halogens is 1. The molecule has 1 saturated carbocycles. The molecule has 1 amide bonds. The second-order valence-electron chi connectivity index (χ2n) is 8.76. The largest absolute Gasteiger partial charge is 0.490 e. The molecule has 174 valence electrons. The molecule has 1 saturated heterocycles. The molecule has 0 unspecified atom stereocenters. The first-order valence-corrected chi connectivity index (χ1v) is 11.9. The number of nitriles is 1. The van der Waals surface area contributed by atoms with Crippen molar-refractivity contribution in [1.29, 1.82) is 5.26 Å². The van der Waals surface area contributed by atoms with Crippen LogP contribution in [0.2, 0.25) is 5.02 Å². The van der Waals surface area contributed by atoms with Crippen LogP contribution in [0.25, 0.3) is 0 Å². The Bertz CT molecular complexity index is 993. The predicted molar refractivity (Wildman–Crippen MR) is 126 cm³/mol. The van der Waals surface area contributed by atoms with Gasteiger partial charge < -0.3 is 20.7 Å². The van der Waals surface area contributed by atoms with Gasteiger partial charge in [0.25, 0.3) is 5.91 Å². The molecule has 4 rings (SSSR count). The molecule has 0 atom stereocenters. The zero-order chi connectivity index (χ0) is 23.2. The van der Waals surface area contributed by atoms with Gasteiger partial charge in [-0.1, -0.05) is 11.6 Å². The molecular weight excluding hydrogens is 440 g/mol. The lowest BCUT2D eigenvalue weighted by Crippen LogP contribution is -2.40. The topological polar surface area (TPSA) is 117 Å². The number of anilines is 1. The zero-order valence-corrected chi connectivity index (χ0v) is 19.3. The first-order valence-electron chi connectivity index (χ1n) is 11.5. The van der Waals surface area contributed by atoms with E-state index in [9.17, 15) is 4.79 Å². The smallest absolute Gasteiger partial charge is 0.272 e. The number of amides is 1. The van der Waals surface area contributed by atoms with Gasteiger partial charge in [-0.25, -0.2) is 0 Å². The van der Waals surface area contributed by atoms with Crippen molar-refractivity contribution in [2.75, 3.05) is 24.5 Å². The van der Waals surface area contributed by atoms with Crippen molar-refractivity contribution in [1.82, 2.24) is 15.5 Å². The second-order valence-corrected chi connectivity index (χ2v) is 9.17. The Morgan fingerprint density at radius 3 is 2.52 bits per heavy atom. The summed E-state index contributed by atoms with van der Waals surface area (Å²) in [4.78, 5) is 14.8. The molecule has 2 fully saturated rings. The number of piperidine rings is 1. The summed E-state index contributed by atoms with van der Waals surface area (Å²) < 4.78 is 6.02. The molecule has 8 nitrogen and oxygen atoms in total. The van der Waals surface area contributed by atoms with Gasteiger partial charge in [0.15, 0.2) is 11.5 Å². The number of benzene rings is 1. The van der Waals surface area contributed by atoms with Crippen molar-refractivity contribution in [3.63, 3.8) is 0 Å². The van der Waals surface area contributed by atoms with Gasteiger partial charge in [0, 0.05) is 25.2 Å². The number of hydrogen-bond donors (Lipinski definition) is 2. The van der Waals surface area contributed by atoms with Crippen LogP contribution in [0, 0.1) is 17.2 Å². The lowest BCUT2D eigenvalue weighted by atomic mass is 9.93. The van der Waals surface area contributed by atoms with Gasteiger partial charge in [-0.2, -0.15) is 5.26 Å². The van der Waals surface area contributed by atoms with Crippen LogP contribution >= 0.6 is 11.6 Å². The second kappa shape index (κ2) is 10.8. The Kier molecular flexibility index (Phi) is 7.63. The summed E-state index contributed by atoms with van der Waals surface area (Å²) in [5, 5.41) is 20.9. The standard InChI is InChI=1S/C24H29ClN6O2/c25-21-13-20(4-1-17(21)15-27)33-19-5-2-18(3-6-19)28-24(32)22-7-8-23(30-29-22)31-11-9-16(14-26)10-12-31/h1,4,7-8,13,16,18-19H,2-3,5-6,9-12,14,26H2,(H,28,32). The third-order valence-corrected chi connectivity index (χ3v) is 6.84. The van der Waals surface area contributed by atoms with Crippen molar-refractivity contribution in [3.8, 4) is 11.8 Å². The first-order chi connectivity index (χ1) is 16.1. The molecule has 0 spiro atoms. The summed E-state index contributed by atoms with van der Waals surface area (Å²) in [6.07, 6.45) is 5.47. The Morgan fingerprint density at radius 2 is 1.91 bits per heavy atom. The summed E-state index contributed by atoms with van der Waals surface area (Å²) in [6, 6.07) is 10.9. The van der Waals surface area contributed by atoms with Crippen molar-refractivity contribution >= 4 is 23.3 Å². The average Bonchev–Trinajstić information content (AvgIpc) is 2.85. The number of carbonyl (C=O) groups is 1. The summed E-state index contributed by atoms with van der Waals surface area (Å²) in [6.45, 7) is 2.57. The predicted octanol–water partition coefficient (Wildman–Crippen LogP) is 3.30. The van der Waals surface area contributed by atoms with Crippen molar-refractivity contribution < 1.29 is 9.53 Å². The number of rotatable bonds is 6. The lowest BCUT2D eigenvalue weighted by Gasteiger charge is -2.32. The van der Waals surface area contributed by atoms with Crippen LogP contribution in [0.5, 0.6) is 5.75 Å². The van der Waals surface area contributed by atoms with Crippen LogP contribution in [-0.4, -0.2) is 47.9 Å². The number of ether oxygens (including phenoxy) is 1. The fourth-order valence-corrected chi connectivity index (χ4v) is 4.66. The molecule has 1 aliphatic heterocycles. The number of carbonyl (C=O) groups excluding carboxylic acids is 1. The van der Waals surface area contributed by atoms with Crippen molar-refractivity contribution in [2.24, 2.45) is 11.7 Å². The van der Waals surface area contributed by atoms with Crippen LogP contribution < -0.4 is 20.7 Å². The minimum absolute atomic E-state index is 0.0599. The maximum absolute atomic E-state index is 12.6. The van der Waals surface area contributed by atoms with E-state index >= 15 is 0 Å². The van der Waals surface area contributed by atoms with Gasteiger partial charge in [0.1, 0.15) is 11.8 Å². The van der Waals surface area contributed by atoms with Crippen LogP contribution in [0.1, 0.15) is 54.6 Å². The molecule has 3 N–H and O–H groups in total. The van der Waals surface area contributed by atoms with Crippen molar-refractivity contribution in [3.05, 3.63) is 46.6 Å². The third-order valence-electron chi connectivity index (χ3n) is 6.53. The quantitative estimate of drug-likeness (QED) is 0.667. The Balaban J connectivity index is 1.24. The van der Waals surface area contributed by atoms with Gasteiger partial charge in [-0.15, -0.1) is 10.2 Å². The van der Waals surface area contributed by atoms with E-state index in [-0.39, 0.29) is 18.1 Å². The monoisotopic (exact) mass is 468 g/mol. The highest BCUT2D eigenvalue weighted by atomic mass is 35.5. The maximum atomic E-state index is 12.6. The van der Waals surface area contributed by atoms with E-state index in [2.05, 4.69) is 20.4 Å². The van der Waals surface area contributed by atoms with Crippen molar-refractivity contribution in [2.45, 2.75) is 50.7 Å². The Hall–Kier alpha value is -2.89. The fourth-order valence-electron chi connectivity index (χ4n) is 4.45. The maximum Gasteiger partial charge on any atom is 0.272 e. The van der Waals surface area contributed by atoms with Gasteiger partial charge >= 0.3 is 0 Å². The highest BCUT2D eigenvalue weighted by Crippen LogP contribution is 2.27. The molecule has 1 aromatic carbocycles. The highest BCUT2D eigenvalue weighted by Gasteiger charge is 2.25. The SMILES string of the molecule is N#Cc1ccc(OC2CCC(NC(=O)c3ccc(N4CCC(CN)CC4)nn3)CC2)cc1Cl. The molecular formula is C24H29ClN6O2. The normalized spacial score (nSPS) is 21.3. The van der Waals surface area contributed by atoms with E-state index in [1.165, 1.54) is 0 Å². The Morgan fingerprint density at radius 1 is 1.15 bits per heavy atom. The van der Waals surface area contributed by atoms with Gasteiger partial charge in [0.05, 0.1) is 16.7 Å². The van der Waals surface area contributed by atoms with E-state index in [1.807, 2.05) is 12.1 Å². The summed E-state index contributed by atoms with van der Waals surface area (Å²) in [5.74, 6) is 1.86. The number of nitrogens with two attached hydrogens (primary N) is 1. The van der Waals surface area contributed by atoms with E-state index in [1.54, 1.807) is 24.3 Å². The first kappa shape index (κ1) is 23.3.